The summed E-state index contributed by atoms with van der Waals surface area (Å²) in [5.41, 5.74) is 4.90. The highest BCUT2D eigenvalue weighted by Crippen LogP contribution is 2.07. The summed E-state index contributed by atoms with van der Waals surface area (Å²) >= 11 is -2.05. The van der Waals surface area contributed by atoms with Crippen LogP contribution in [0.25, 0.3) is 0 Å². The molecular weight excluding hydrogens is 204 g/mol. The van der Waals surface area contributed by atoms with Crippen molar-refractivity contribution in [3.8, 4) is 0 Å². The number of carbonyl (C=O) groups is 1. The van der Waals surface area contributed by atoms with Gasteiger partial charge >= 0.3 is 0 Å². The predicted molar refractivity (Wildman–Crippen MR) is 51.5 cm³/mol. The number of hydrogen-bond acceptors (Lipinski definition) is 3. The topological polar surface area (TPSA) is 104 Å². The Morgan fingerprint density at radius 2 is 1.86 bits per heavy atom. The Hall–Kier alpha value is -1.53. The van der Waals surface area contributed by atoms with Gasteiger partial charge in [0.1, 0.15) is 5.71 Å². The van der Waals surface area contributed by atoms with Crippen molar-refractivity contribution >= 4 is 22.7 Å². The summed E-state index contributed by atoms with van der Waals surface area (Å²) in [6.45, 7) is 0. The fourth-order valence-electron chi connectivity index (χ4n) is 0.880. The Kier molecular flexibility index (Phi) is 3.10. The lowest BCUT2D eigenvalue weighted by molar-refractivity contribution is -0.112. The Balaban J connectivity index is 3.00. The molecule has 6 heteroatoms. The number of primary amides is 1. The maximum absolute atomic E-state index is 10.6. The Morgan fingerprint density at radius 3 is 2.21 bits per heavy atom. The van der Waals surface area contributed by atoms with E-state index in [2.05, 4.69) is 0 Å². The molecule has 5 nitrogen and oxygen atoms in total. The Labute approximate surface area is 82.7 Å². The van der Waals surface area contributed by atoms with Crippen LogP contribution in [-0.2, 0) is 15.9 Å². The van der Waals surface area contributed by atoms with Gasteiger partial charge in [-0.3, -0.25) is 10.2 Å². The molecule has 0 heterocycles. The van der Waals surface area contributed by atoms with E-state index in [0.717, 1.165) is 0 Å². The SMILES string of the molecule is N=C(C(N)=O)c1ccc(S(=O)O)cc1. The van der Waals surface area contributed by atoms with Gasteiger partial charge in [0.2, 0.25) is 0 Å². The first-order valence-corrected chi connectivity index (χ1v) is 4.72. The summed E-state index contributed by atoms with van der Waals surface area (Å²) in [7, 11) is 0. The number of benzene rings is 1. The zero-order chi connectivity index (χ0) is 10.7. The molecule has 0 radical (unpaired) electrons. The highest BCUT2D eigenvalue weighted by Gasteiger charge is 2.07. The molecule has 4 N–H and O–H groups in total. The summed E-state index contributed by atoms with van der Waals surface area (Å²) in [5, 5.41) is 7.25. The molecule has 0 saturated heterocycles. The van der Waals surface area contributed by atoms with Gasteiger partial charge in [0.05, 0.1) is 4.90 Å². The second kappa shape index (κ2) is 4.12. The zero-order valence-electron chi connectivity index (χ0n) is 7.06. The first kappa shape index (κ1) is 10.6. The smallest absolute Gasteiger partial charge is 0.267 e. The van der Waals surface area contributed by atoms with Crippen molar-refractivity contribution in [3.05, 3.63) is 29.8 Å². The van der Waals surface area contributed by atoms with E-state index in [9.17, 15) is 9.00 Å². The molecule has 14 heavy (non-hydrogen) atoms. The third kappa shape index (κ3) is 2.24. The largest absolute Gasteiger partial charge is 0.364 e. The van der Waals surface area contributed by atoms with Crippen LogP contribution in [0.4, 0.5) is 0 Å². The number of hydrogen-bond donors (Lipinski definition) is 3. The Morgan fingerprint density at radius 1 is 1.36 bits per heavy atom. The Bertz CT molecular complexity index is 400. The molecule has 74 valence electrons. The van der Waals surface area contributed by atoms with Gasteiger partial charge in [-0.1, -0.05) is 12.1 Å². The maximum atomic E-state index is 10.6. The van der Waals surface area contributed by atoms with Gasteiger partial charge in [0.25, 0.3) is 5.91 Å². The van der Waals surface area contributed by atoms with Gasteiger partial charge < -0.3 is 10.3 Å². The van der Waals surface area contributed by atoms with E-state index in [0.29, 0.717) is 5.56 Å². The second-order valence-electron chi connectivity index (χ2n) is 2.51. The molecule has 0 aromatic heterocycles. The van der Waals surface area contributed by atoms with Crippen LogP contribution < -0.4 is 5.73 Å². The minimum Gasteiger partial charge on any atom is -0.364 e. The molecular formula is C8H8N2O3S. The summed E-state index contributed by atoms with van der Waals surface area (Å²) in [4.78, 5) is 10.8. The van der Waals surface area contributed by atoms with E-state index < -0.39 is 17.0 Å². The van der Waals surface area contributed by atoms with Crippen LogP contribution >= 0.6 is 0 Å². The average molecular weight is 212 g/mol. The van der Waals surface area contributed by atoms with Crippen molar-refractivity contribution in [2.45, 2.75) is 4.90 Å². The number of amides is 1. The summed E-state index contributed by atoms with van der Waals surface area (Å²) in [6.07, 6.45) is 0. The van der Waals surface area contributed by atoms with Crippen LogP contribution in [-0.4, -0.2) is 20.4 Å². The molecule has 1 aromatic rings. The molecule has 0 bridgehead atoms. The van der Waals surface area contributed by atoms with E-state index >= 15 is 0 Å². The number of nitrogens with two attached hydrogens (primary N) is 1. The third-order valence-corrected chi connectivity index (χ3v) is 2.27. The average Bonchev–Trinajstić information content (AvgIpc) is 2.16. The minimum atomic E-state index is -2.05. The van der Waals surface area contributed by atoms with E-state index in [1.807, 2.05) is 0 Å². The fraction of sp³-hybridized carbons (Fsp3) is 0. The molecule has 0 aliphatic heterocycles. The molecule has 1 atom stereocenters. The normalized spacial score (nSPS) is 12.1. The van der Waals surface area contributed by atoms with Crippen LogP contribution in [0.3, 0.4) is 0 Å². The van der Waals surface area contributed by atoms with Crippen molar-refractivity contribution in [2.24, 2.45) is 5.73 Å². The lowest BCUT2D eigenvalue weighted by atomic mass is 10.1. The first-order valence-electron chi connectivity index (χ1n) is 3.62. The lowest BCUT2D eigenvalue weighted by Crippen LogP contribution is -2.23. The van der Waals surface area contributed by atoms with Crippen molar-refractivity contribution in [1.29, 1.82) is 5.41 Å². The van der Waals surface area contributed by atoms with E-state index in [-0.39, 0.29) is 10.6 Å². The van der Waals surface area contributed by atoms with Gasteiger partial charge in [-0.25, -0.2) is 4.21 Å². The number of nitrogens with one attached hydrogen (secondary N) is 1. The molecule has 1 rings (SSSR count). The standard InChI is InChI=1S/C8H8N2O3S/c9-7(8(10)11)5-1-3-6(4-2-5)14(12)13/h1-4,9H,(H2,10,11)(H,12,13). The van der Waals surface area contributed by atoms with Crippen LogP contribution in [0.2, 0.25) is 0 Å². The molecule has 0 saturated carbocycles. The van der Waals surface area contributed by atoms with Crippen LogP contribution in [0.5, 0.6) is 0 Å². The minimum absolute atomic E-state index is 0.214. The van der Waals surface area contributed by atoms with Gasteiger partial charge in [-0.2, -0.15) is 0 Å². The quantitative estimate of drug-likeness (QED) is 0.489. The van der Waals surface area contributed by atoms with E-state index in [1.165, 1.54) is 24.3 Å². The maximum Gasteiger partial charge on any atom is 0.267 e. The van der Waals surface area contributed by atoms with Crippen LogP contribution in [0, 0.1) is 5.41 Å². The van der Waals surface area contributed by atoms with Crippen LogP contribution in [0.15, 0.2) is 29.2 Å². The highest BCUT2D eigenvalue weighted by molar-refractivity contribution is 7.79. The fourth-order valence-corrected chi connectivity index (χ4v) is 1.25. The summed E-state index contributed by atoms with van der Waals surface area (Å²) in [6, 6.07) is 5.53. The van der Waals surface area contributed by atoms with Crippen LogP contribution in [0.1, 0.15) is 5.56 Å². The van der Waals surface area contributed by atoms with Gasteiger partial charge in [-0.05, 0) is 12.1 Å². The zero-order valence-corrected chi connectivity index (χ0v) is 7.88. The van der Waals surface area contributed by atoms with Gasteiger partial charge in [-0.15, -0.1) is 0 Å². The van der Waals surface area contributed by atoms with Gasteiger partial charge in [0, 0.05) is 5.56 Å². The molecule has 1 aromatic carbocycles. The molecule has 1 amide bonds. The van der Waals surface area contributed by atoms with Crippen molar-refractivity contribution < 1.29 is 13.6 Å². The predicted octanol–water partition coefficient (Wildman–Crippen LogP) is 0.120. The van der Waals surface area contributed by atoms with E-state index in [1.54, 1.807) is 0 Å². The number of rotatable bonds is 3. The van der Waals surface area contributed by atoms with Crippen molar-refractivity contribution in [2.75, 3.05) is 0 Å². The molecule has 0 aliphatic rings. The molecule has 0 spiro atoms. The lowest BCUT2D eigenvalue weighted by Gasteiger charge is -2.00. The first-order chi connectivity index (χ1) is 6.52. The highest BCUT2D eigenvalue weighted by atomic mass is 32.2. The third-order valence-electron chi connectivity index (χ3n) is 1.59. The summed E-state index contributed by atoms with van der Waals surface area (Å²) in [5.74, 6) is -0.831. The van der Waals surface area contributed by atoms with E-state index in [4.69, 9.17) is 15.7 Å². The van der Waals surface area contributed by atoms with Crippen molar-refractivity contribution in [3.63, 3.8) is 0 Å². The van der Waals surface area contributed by atoms with Crippen molar-refractivity contribution in [1.82, 2.24) is 0 Å². The second-order valence-corrected chi connectivity index (χ2v) is 3.48. The molecule has 0 fully saturated rings. The monoisotopic (exact) mass is 212 g/mol. The summed E-state index contributed by atoms with van der Waals surface area (Å²) < 4.78 is 19.3. The van der Waals surface area contributed by atoms with Gasteiger partial charge in [0.15, 0.2) is 11.1 Å². The molecule has 1 unspecified atom stereocenters. The number of carbonyl (C=O) groups excluding carboxylic acids is 1. The molecule has 0 aliphatic carbocycles.